The Morgan fingerprint density at radius 3 is 2.48 bits per heavy atom. The Hall–Kier alpha value is -2.96. The molecule has 1 N–H and O–H groups in total. The fraction of sp³-hybridized carbons (Fsp3) is 0.222. The Kier molecular flexibility index (Phi) is 6.05. The van der Waals surface area contributed by atoms with Crippen LogP contribution in [0.15, 0.2) is 42.5 Å². The molecule has 0 aliphatic heterocycles. The van der Waals surface area contributed by atoms with Gasteiger partial charge in [0, 0.05) is 12.0 Å². The highest BCUT2D eigenvalue weighted by Gasteiger charge is 2.23. The van der Waals surface area contributed by atoms with E-state index in [1.54, 1.807) is 24.3 Å². The number of nitrogens with one attached hydrogen (secondary N) is 1. The van der Waals surface area contributed by atoms with Crippen LogP contribution in [0.2, 0.25) is 0 Å². The van der Waals surface area contributed by atoms with Gasteiger partial charge in [-0.3, -0.25) is 4.79 Å². The Balaban J connectivity index is 2.18. The number of ether oxygens (including phenoxy) is 2. The molecule has 0 unspecified atom stereocenters. The molecule has 0 radical (unpaired) electrons. The maximum atomic E-state index is 13.3. The average Bonchev–Trinajstić information content (AvgIpc) is 2.62. The van der Waals surface area contributed by atoms with Crippen molar-refractivity contribution in [2.75, 3.05) is 14.2 Å². The van der Waals surface area contributed by atoms with E-state index in [1.165, 1.54) is 14.2 Å². The van der Waals surface area contributed by atoms with Crippen molar-refractivity contribution in [2.45, 2.75) is 12.5 Å². The van der Waals surface area contributed by atoms with Gasteiger partial charge in [0.1, 0.15) is 11.8 Å². The van der Waals surface area contributed by atoms with Gasteiger partial charge in [-0.05, 0) is 35.9 Å². The van der Waals surface area contributed by atoms with Crippen LogP contribution in [0.1, 0.15) is 15.9 Å². The molecule has 2 aromatic rings. The first-order valence-corrected chi connectivity index (χ1v) is 7.41. The molecule has 0 bridgehead atoms. The van der Waals surface area contributed by atoms with E-state index in [4.69, 9.17) is 9.47 Å². The summed E-state index contributed by atoms with van der Waals surface area (Å²) in [4.78, 5) is 24.2. The number of carbonyl (C=O) groups is 2. The molecule has 2 rings (SSSR count). The van der Waals surface area contributed by atoms with Gasteiger partial charge >= 0.3 is 5.97 Å². The molecule has 5 nitrogen and oxygen atoms in total. The fourth-order valence-electron chi connectivity index (χ4n) is 2.25. The van der Waals surface area contributed by atoms with Crippen LogP contribution >= 0.6 is 0 Å². The molecule has 0 spiro atoms. The quantitative estimate of drug-likeness (QED) is 0.814. The Morgan fingerprint density at radius 2 is 1.84 bits per heavy atom. The third-order valence-electron chi connectivity index (χ3n) is 3.55. The molecule has 25 heavy (non-hydrogen) atoms. The van der Waals surface area contributed by atoms with E-state index in [1.807, 2.05) is 0 Å². The molecule has 1 atom stereocenters. The van der Waals surface area contributed by atoms with E-state index < -0.39 is 29.6 Å². The number of rotatable bonds is 6. The monoisotopic (exact) mass is 349 g/mol. The predicted molar refractivity (Wildman–Crippen MR) is 86.3 cm³/mol. The molecule has 0 aliphatic carbocycles. The van der Waals surface area contributed by atoms with Crippen LogP contribution in [0.25, 0.3) is 0 Å². The standard InChI is InChI=1S/C18H17F2NO4/c1-24-13-5-3-4-11(8-13)9-16(18(23)25-2)21-17(22)12-6-7-14(19)15(20)10-12/h3-8,10,16H,9H2,1-2H3,(H,21,22)/t16-/m0/s1. The second kappa shape index (κ2) is 8.23. The number of amides is 1. The highest BCUT2D eigenvalue weighted by atomic mass is 19.2. The van der Waals surface area contributed by atoms with Crippen molar-refractivity contribution in [3.63, 3.8) is 0 Å². The van der Waals surface area contributed by atoms with Gasteiger partial charge in [0.25, 0.3) is 5.91 Å². The molecular weight excluding hydrogens is 332 g/mol. The van der Waals surface area contributed by atoms with Crippen molar-refractivity contribution in [3.05, 3.63) is 65.2 Å². The lowest BCUT2D eigenvalue weighted by molar-refractivity contribution is -0.142. The number of hydrogen-bond donors (Lipinski definition) is 1. The number of methoxy groups -OCH3 is 2. The third kappa shape index (κ3) is 4.76. The Morgan fingerprint density at radius 1 is 1.08 bits per heavy atom. The van der Waals surface area contributed by atoms with E-state index in [9.17, 15) is 18.4 Å². The summed E-state index contributed by atoms with van der Waals surface area (Å²) in [5.74, 6) is -2.96. The largest absolute Gasteiger partial charge is 0.497 e. The van der Waals surface area contributed by atoms with E-state index >= 15 is 0 Å². The summed E-state index contributed by atoms with van der Waals surface area (Å²) < 4.78 is 36.1. The SMILES string of the molecule is COC(=O)[C@H](Cc1cccc(OC)c1)NC(=O)c1ccc(F)c(F)c1. The second-order valence-electron chi connectivity index (χ2n) is 5.23. The molecule has 0 aliphatic rings. The zero-order chi connectivity index (χ0) is 18.4. The molecule has 0 saturated carbocycles. The van der Waals surface area contributed by atoms with Gasteiger partial charge in [-0.15, -0.1) is 0 Å². The zero-order valence-corrected chi connectivity index (χ0v) is 13.7. The molecular formula is C18H17F2NO4. The van der Waals surface area contributed by atoms with Crippen LogP contribution in [0, 0.1) is 11.6 Å². The number of hydrogen-bond acceptors (Lipinski definition) is 4. The van der Waals surface area contributed by atoms with E-state index in [0.29, 0.717) is 5.75 Å². The first-order chi connectivity index (χ1) is 11.9. The van der Waals surface area contributed by atoms with Gasteiger partial charge in [0.15, 0.2) is 11.6 Å². The summed E-state index contributed by atoms with van der Waals surface area (Å²) in [6.07, 6.45) is 0.152. The first-order valence-electron chi connectivity index (χ1n) is 7.41. The van der Waals surface area contributed by atoms with Crippen LogP contribution in [-0.2, 0) is 16.0 Å². The number of halogens is 2. The summed E-state index contributed by atoms with van der Waals surface area (Å²) in [6.45, 7) is 0. The maximum absolute atomic E-state index is 13.3. The molecule has 0 heterocycles. The van der Waals surface area contributed by atoms with Crippen molar-refractivity contribution in [1.29, 1.82) is 0 Å². The maximum Gasteiger partial charge on any atom is 0.328 e. The minimum Gasteiger partial charge on any atom is -0.497 e. The number of benzene rings is 2. The van der Waals surface area contributed by atoms with Gasteiger partial charge in [-0.25, -0.2) is 13.6 Å². The Bertz CT molecular complexity index is 779. The van der Waals surface area contributed by atoms with Gasteiger partial charge in [0.2, 0.25) is 0 Å². The molecule has 2 aromatic carbocycles. The van der Waals surface area contributed by atoms with Crippen molar-refractivity contribution >= 4 is 11.9 Å². The predicted octanol–water partition coefficient (Wildman–Crippen LogP) is 2.49. The summed E-state index contributed by atoms with van der Waals surface area (Å²) in [7, 11) is 2.71. The molecule has 0 aromatic heterocycles. The van der Waals surface area contributed by atoms with Crippen molar-refractivity contribution in [1.82, 2.24) is 5.32 Å². The lowest BCUT2D eigenvalue weighted by atomic mass is 10.0. The van der Waals surface area contributed by atoms with Gasteiger partial charge in [-0.2, -0.15) is 0 Å². The lowest BCUT2D eigenvalue weighted by Crippen LogP contribution is -2.43. The van der Waals surface area contributed by atoms with Crippen molar-refractivity contribution < 1.29 is 27.8 Å². The normalized spacial score (nSPS) is 11.5. The van der Waals surface area contributed by atoms with E-state index in [-0.39, 0.29) is 12.0 Å². The van der Waals surface area contributed by atoms with E-state index in [0.717, 1.165) is 23.8 Å². The van der Waals surface area contributed by atoms with E-state index in [2.05, 4.69) is 5.32 Å². The minimum absolute atomic E-state index is 0.0987. The lowest BCUT2D eigenvalue weighted by Gasteiger charge is -2.17. The van der Waals surface area contributed by atoms with Crippen LogP contribution in [0.5, 0.6) is 5.75 Å². The molecule has 132 valence electrons. The minimum atomic E-state index is -1.14. The highest BCUT2D eigenvalue weighted by Crippen LogP contribution is 2.15. The summed E-state index contributed by atoms with van der Waals surface area (Å²) in [5, 5.41) is 2.47. The molecule has 7 heteroatoms. The Labute approximate surface area is 143 Å². The van der Waals surface area contributed by atoms with Crippen LogP contribution in [-0.4, -0.2) is 32.1 Å². The topological polar surface area (TPSA) is 64.6 Å². The van der Waals surface area contributed by atoms with Gasteiger partial charge in [0.05, 0.1) is 14.2 Å². The highest BCUT2D eigenvalue weighted by molar-refractivity contribution is 5.96. The average molecular weight is 349 g/mol. The van der Waals surface area contributed by atoms with Crippen molar-refractivity contribution in [3.8, 4) is 5.75 Å². The molecule has 1 amide bonds. The number of carbonyl (C=O) groups excluding carboxylic acids is 2. The number of esters is 1. The second-order valence-corrected chi connectivity index (χ2v) is 5.23. The van der Waals surface area contributed by atoms with Crippen LogP contribution in [0.4, 0.5) is 8.78 Å². The van der Waals surface area contributed by atoms with Crippen LogP contribution in [0.3, 0.4) is 0 Å². The van der Waals surface area contributed by atoms with Gasteiger partial charge in [-0.1, -0.05) is 12.1 Å². The van der Waals surface area contributed by atoms with Crippen LogP contribution < -0.4 is 10.1 Å². The summed E-state index contributed by atoms with van der Waals surface area (Å²) in [6, 6.07) is 8.74. The smallest absolute Gasteiger partial charge is 0.328 e. The zero-order valence-electron chi connectivity index (χ0n) is 13.7. The third-order valence-corrected chi connectivity index (χ3v) is 3.55. The first kappa shape index (κ1) is 18.4. The molecule has 0 saturated heterocycles. The summed E-state index contributed by atoms with van der Waals surface area (Å²) >= 11 is 0. The molecule has 0 fully saturated rings. The summed E-state index contributed by atoms with van der Waals surface area (Å²) in [5.41, 5.74) is 0.638. The fourth-order valence-corrected chi connectivity index (χ4v) is 2.25. The van der Waals surface area contributed by atoms with Gasteiger partial charge < -0.3 is 14.8 Å². The van der Waals surface area contributed by atoms with Crippen molar-refractivity contribution in [2.24, 2.45) is 0 Å².